The molecule has 7 heteroatoms. The minimum absolute atomic E-state index is 0.125. The quantitative estimate of drug-likeness (QED) is 0.923. The van der Waals surface area contributed by atoms with Crippen molar-refractivity contribution >= 4 is 44.8 Å². The summed E-state index contributed by atoms with van der Waals surface area (Å²) in [6, 6.07) is 3.56. The van der Waals surface area contributed by atoms with Crippen LogP contribution in [-0.2, 0) is 7.05 Å². The van der Waals surface area contributed by atoms with Gasteiger partial charge in [-0.1, -0.05) is 11.6 Å². The van der Waals surface area contributed by atoms with Gasteiger partial charge in [0.15, 0.2) is 5.69 Å². The fraction of sp³-hybridized carbons (Fsp3) is 0.111. The smallest absolute Gasteiger partial charge is 0.355 e. The minimum Gasteiger partial charge on any atom is -0.476 e. The van der Waals surface area contributed by atoms with E-state index in [-0.39, 0.29) is 5.69 Å². The van der Waals surface area contributed by atoms with Crippen molar-refractivity contribution in [1.29, 1.82) is 0 Å². The van der Waals surface area contributed by atoms with E-state index in [1.807, 2.05) is 6.07 Å². The zero-order valence-corrected chi connectivity index (χ0v) is 11.2. The molecule has 0 fully saturated rings. The van der Waals surface area contributed by atoms with Crippen LogP contribution < -0.4 is 0 Å². The van der Waals surface area contributed by atoms with E-state index in [0.717, 1.165) is 4.88 Å². The van der Waals surface area contributed by atoms with Crippen LogP contribution in [0.15, 0.2) is 16.6 Å². The summed E-state index contributed by atoms with van der Waals surface area (Å²) in [7, 11) is 1.59. The first kappa shape index (κ1) is 11.6. The Morgan fingerprint density at radius 3 is 2.75 bits per heavy atom. The molecule has 0 aliphatic rings. The lowest BCUT2D eigenvalue weighted by molar-refractivity contribution is 0.0684. The normalized spacial score (nSPS) is 10.7. The molecule has 2 heterocycles. The summed E-state index contributed by atoms with van der Waals surface area (Å²) in [6.07, 6.45) is 0. The first-order valence-corrected chi connectivity index (χ1v) is 6.21. The molecule has 0 amide bonds. The largest absolute Gasteiger partial charge is 0.476 e. The van der Waals surface area contributed by atoms with E-state index in [4.69, 9.17) is 16.7 Å². The van der Waals surface area contributed by atoms with Gasteiger partial charge in [-0.05, 0) is 28.1 Å². The highest BCUT2D eigenvalue weighted by molar-refractivity contribution is 9.10. The number of carboxylic acid groups (broad SMARTS) is 1. The molecule has 1 N–H and O–H groups in total. The van der Waals surface area contributed by atoms with Crippen LogP contribution in [0.1, 0.15) is 10.5 Å². The van der Waals surface area contributed by atoms with E-state index in [2.05, 4.69) is 21.0 Å². The van der Waals surface area contributed by atoms with Crippen molar-refractivity contribution in [3.05, 3.63) is 26.6 Å². The van der Waals surface area contributed by atoms with E-state index in [1.54, 1.807) is 13.1 Å². The van der Waals surface area contributed by atoms with Crippen molar-refractivity contribution in [1.82, 2.24) is 9.78 Å². The molecule has 0 aliphatic carbocycles. The molecule has 0 bridgehead atoms. The van der Waals surface area contributed by atoms with E-state index in [0.29, 0.717) is 14.5 Å². The second kappa shape index (κ2) is 4.20. The fourth-order valence-electron chi connectivity index (χ4n) is 1.33. The van der Waals surface area contributed by atoms with Crippen molar-refractivity contribution in [3.63, 3.8) is 0 Å². The van der Waals surface area contributed by atoms with Gasteiger partial charge in [-0.15, -0.1) is 11.3 Å². The summed E-state index contributed by atoms with van der Waals surface area (Å²) >= 11 is 10.4. The molecule has 16 heavy (non-hydrogen) atoms. The molecule has 4 nitrogen and oxygen atoms in total. The third-order valence-corrected chi connectivity index (χ3v) is 3.99. The molecular weight excluding hydrogens is 316 g/mol. The second-order valence-corrected chi connectivity index (χ2v) is 5.55. The predicted octanol–water partition coefficient (Wildman–Crippen LogP) is 3.26. The van der Waals surface area contributed by atoms with Crippen molar-refractivity contribution in [2.75, 3.05) is 0 Å². The molecule has 0 aliphatic heterocycles. The van der Waals surface area contributed by atoms with Gasteiger partial charge in [0.05, 0.1) is 13.7 Å². The van der Waals surface area contributed by atoms with Crippen molar-refractivity contribution in [3.8, 4) is 10.6 Å². The maximum absolute atomic E-state index is 11.0. The molecule has 0 radical (unpaired) electrons. The number of carboxylic acids is 1. The maximum atomic E-state index is 11.0. The summed E-state index contributed by atoms with van der Waals surface area (Å²) in [5.41, 5.74) is 0.719. The number of hydrogen-bond donors (Lipinski definition) is 1. The number of carbonyl (C=O) groups is 1. The highest BCUT2D eigenvalue weighted by atomic mass is 79.9. The van der Waals surface area contributed by atoms with Crippen LogP contribution in [0.5, 0.6) is 0 Å². The summed E-state index contributed by atoms with van der Waals surface area (Å²) in [4.78, 5) is 11.8. The second-order valence-electron chi connectivity index (χ2n) is 3.04. The predicted molar refractivity (Wildman–Crippen MR) is 66.2 cm³/mol. The lowest BCUT2D eigenvalue weighted by Gasteiger charge is -1.93. The Hall–Kier alpha value is -0.850. The fourth-order valence-corrected chi connectivity index (χ4v) is 3.21. The van der Waals surface area contributed by atoms with Gasteiger partial charge in [0, 0.05) is 7.05 Å². The molecule has 84 valence electrons. The number of rotatable bonds is 2. The van der Waals surface area contributed by atoms with Crippen LogP contribution >= 0.6 is 38.9 Å². The van der Waals surface area contributed by atoms with Gasteiger partial charge in [0.25, 0.3) is 0 Å². The van der Waals surface area contributed by atoms with Gasteiger partial charge in [0.1, 0.15) is 5.69 Å². The number of thiophene rings is 1. The Balaban J connectivity index is 2.59. The van der Waals surface area contributed by atoms with Crippen LogP contribution in [0.4, 0.5) is 0 Å². The van der Waals surface area contributed by atoms with Gasteiger partial charge in [0.2, 0.25) is 0 Å². The third kappa shape index (κ3) is 1.88. The monoisotopic (exact) mass is 320 g/mol. The molecule has 0 aromatic carbocycles. The van der Waals surface area contributed by atoms with Crippen molar-refractivity contribution < 1.29 is 9.90 Å². The molecule has 2 aromatic rings. The first-order valence-electron chi connectivity index (χ1n) is 4.22. The summed E-state index contributed by atoms with van der Waals surface area (Å²) < 4.78 is 2.44. The first-order chi connectivity index (χ1) is 7.50. The molecule has 2 aromatic heterocycles. The highest BCUT2D eigenvalue weighted by Gasteiger charge is 2.21. The van der Waals surface area contributed by atoms with Gasteiger partial charge in [-0.25, -0.2) is 4.79 Å². The highest BCUT2D eigenvalue weighted by Crippen LogP contribution is 2.36. The molecule has 0 spiro atoms. The van der Waals surface area contributed by atoms with E-state index in [1.165, 1.54) is 16.0 Å². The topological polar surface area (TPSA) is 55.1 Å². The van der Waals surface area contributed by atoms with Crippen LogP contribution in [0.25, 0.3) is 10.6 Å². The Kier molecular flexibility index (Phi) is 3.05. The average Bonchev–Trinajstić information content (AvgIpc) is 2.70. The van der Waals surface area contributed by atoms with Crippen LogP contribution in [-0.4, -0.2) is 20.9 Å². The van der Waals surface area contributed by atoms with E-state index < -0.39 is 5.97 Å². The molecule has 0 atom stereocenters. The van der Waals surface area contributed by atoms with Gasteiger partial charge < -0.3 is 5.11 Å². The molecule has 2 rings (SSSR count). The van der Waals surface area contributed by atoms with Gasteiger partial charge >= 0.3 is 5.97 Å². The van der Waals surface area contributed by atoms with Gasteiger partial charge in [-0.3, -0.25) is 4.68 Å². The summed E-state index contributed by atoms with van der Waals surface area (Å²) in [5, 5.41) is 13.2. The lowest BCUT2D eigenvalue weighted by Crippen LogP contribution is -2.05. The average molecular weight is 322 g/mol. The summed E-state index contributed by atoms with van der Waals surface area (Å²) in [6.45, 7) is 0. The maximum Gasteiger partial charge on any atom is 0.355 e. The number of nitrogens with zero attached hydrogens (tertiary/aromatic N) is 2. The van der Waals surface area contributed by atoms with Crippen LogP contribution in [0.2, 0.25) is 4.34 Å². The Morgan fingerprint density at radius 1 is 1.62 bits per heavy atom. The van der Waals surface area contributed by atoms with E-state index >= 15 is 0 Å². The third-order valence-electron chi connectivity index (χ3n) is 2.00. The number of halogens is 2. The number of hydrogen-bond acceptors (Lipinski definition) is 3. The Labute approximate surface area is 109 Å². The van der Waals surface area contributed by atoms with Gasteiger partial charge in [-0.2, -0.15) is 5.10 Å². The molecular formula is C9H6BrClN2O2S. The zero-order chi connectivity index (χ0) is 11.9. The standard InChI is InChI=1S/C9H6BrClN2O2S/c1-13-8(9(14)15)6(10)7(12-13)4-2-3-5(11)16-4/h2-3H,1H3,(H,14,15). The van der Waals surface area contributed by atoms with Crippen LogP contribution in [0.3, 0.4) is 0 Å². The number of aromatic carboxylic acids is 1. The zero-order valence-electron chi connectivity index (χ0n) is 8.07. The van der Waals surface area contributed by atoms with Crippen molar-refractivity contribution in [2.45, 2.75) is 0 Å². The number of aromatic nitrogens is 2. The molecule has 0 saturated carbocycles. The molecule has 0 unspecified atom stereocenters. The number of aryl methyl sites for hydroxylation is 1. The minimum atomic E-state index is -1.02. The van der Waals surface area contributed by atoms with E-state index in [9.17, 15) is 4.79 Å². The lowest BCUT2D eigenvalue weighted by atomic mass is 10.3. The molecule has 0 saturated heterocycles. The summed E-state index contributed by atoms with van der Waals surface area (Å²) in [5.74, 6) is -1.02. The Morgan fingerprint density at radius 2 is 2.31 bits per heavy atom. The Bertz CT molecular complexity index is 564. The van der Waals surface area contributed by atoms with Crippen LogP contribution in [0, 0.1) is 0 Å². The van der Waals surface area contributed by atoms with Crippen molar-refractivity contribution in [2.24, 2.45) is 7.05 Å². The SMILES string of the molecule is Cn1nc(-c2ccc(Cl)s2)c(Br)c1C(=O)O.